The highest BCUT2D eigenvalue weighted by molar-refractivity contribution is 5.79. The lowest BCUT2D eigenvalue weighted by molar-refractivity contribution is -0.138. The summed E-state index contributed by atoms with van der Waals surface area (Å²) in [5.41, 5.74) is 0. The fourth-order valence-corrected chi connectivity index (χ4v) is 3.53. The fraction of sp³-hybridized carbons (Fsp3) is 0.875. The van der Waals surface area contributed by atoms with Crippen molar-refractivity contribution >= 4 is 11.8 Å². The van der Waals surface area contributed by atoms with E-state index in [1.54, 1.807) is 0 Å². The van der Waals surface area contributed by atoms with E-state index in [0.29, 0.717) is 17.7 Å². The zero-order chi connectivity index (χ0) is 14.7. The summed E-state index contributed by atoms with van der Waals surface area (Å²) in [6, 6.07) is 0. The third-order valence-corrected chi connectivity index (χ3v) is 5.21. The normalized spacial score (nSPS) is 25.0. The van der Waals surface area contributed by atoms with E-state index in [9.17, 15) is 9.59 Å². The van der Waals surface area contributed by atoms with Crippen molar-refractivity contribution in [2.45, 2.75) is 38.5 Å². The Morgan fingerprint density at radius 2 is 1.81 bits per heavy atom. The maximum atomic E-state index is 12.3. The van der Waals surface area contributed by atoms with Gasteiger partial charge in [-0.2, -0.15) is 0 Å². The Labute approximate surface area is 127 Å². The highest BCUT2D eigenvalue weighted by atomic mass is 16.2. The smallest absolute Gasteiger partial charge is 0.225 e. The molecule has 5 heteroatoms. The first-order valence-corrected chi connectivity index (χ1v) is 8.53. The third kappa shape index (κ3) is 3.57. The zero-order valence-corrected chi connectivity index (χ0v) is 12.9. The largest absolute Gasteiger partial charge is 0.341 e. The molecule has 2 heterocycles. The molecule has 2 amide bonds. The molecule has 1 aliphatic carbocycles. The maximum absolute atomic E-state index is 12.3. The monoisotopic (exact) mass is 293 g/mol. The second-order valence-corrected chi connectivity index (χ2v) is 6.63. The lowest BCUT2D eigenvalue weighted by Gasteiger charge is -2.31. The molecule has 0 aromatic carbocycles. The highest BCUT2D eigenvalue weighted by Gasteiger charge is 2.30. The second kappa shape index (κ2) is 6.77. The molecule has 0 radical (unpaired) electrons. The molecule has 118 valence electrons. The third-order valence-electron chi connectivity index (χ3n) is 5.21. The Morgan fingerprint density at radius 3 is 2.48 bits per heavy atom. The predicted octanol–water partition coefficient (Wildman–Crippen LogP) is 0.943. The van der Waals surface area contributed by atoms with Crippen molar-refractivity contribution in [3.05, 3.63) is 0 Å². The SMILES string of the molecule is O=C1CCCN1CCN1CCCN(C(=O)C2CCC2)CC1. The first kappa shape index (κ1) is 14.8. The van der Waals surface area contributed by atoms with E-state index in [0.717, 1.165) is 77.9 Å². The Balaban J connectivity index is 1.42. The lowest BCUT2D eigenvalue weighted by atomic mass is 9.84. The van der Waals surface area contributed by atoms with E-state index in [4.69, 9.17) is 0 Å². The summed E-state index contributed by atoms with van der Waals surface area (Å²) in [6.07, 6.45) is 6.21. The van der Waals surface area contributed by atoms with Crippen LogP contribution in [-0.4, -0.2) is 72.3 Å². The summed E-state index contributed by atoms with van der Waals surface area (Å²) in [7, 11) is 0. The van der Waals surface area contributed by atoms with Crippen LogP contribution < -0.4 is 0 Å². The molecule has 21 heavy (non-hydrogen) atoms. The van der Waals surface area contributed by atoms with Gasteiger partial charge in [-0.15, -0.1) is 0 Å². The van der Waals surface area contributed by atoms with Crippen LogP contribution in [0.2, 0.25) is 0 Å². The van der Waals surface area contributed by atoms with Gasteiger partial charge in [-0.25, -0.2) is 0 Å². The molecule has 0 unspecified atom stereocenters. The average Bonchev–Trinajstić information content (AvgIpc) is 2.69. The van der Waals surface area contributed by atoms with Crippen LogP contribution in [0.5, 0.6) is 0 Å². The number of likely N-dealkylation sites (tertiary alicyclic amines) is 1. The first-order valence-electron chi connectivity index (χ1n) is 8.53. The van der Waals surface area contributed by atoms with Crippen molar-refractivity contribution in [2.75, 3.05) is 45.8 Å². The number of rotatable bonds is 4. The molecular formula is C16H27N3O2. The van der Waals surface area contributed by atoms with E-state index in [2.05, 4.69) is 9.80 Å². The molecule has 3 aliphatic rings. The fourth-order valence-electron chi connectivity index (χ4n) is 3.53. The molecule has 2 saturated heterocycles. The van der Waals surface area contributed by atoms with Gasteiger partial charge in [-0.1, -0.05) is 6.42 Å². The number of hydrogen-bond donors (Lipinski definition) is 0. The van der Waals surface area contributed by atoms with Gasteiger partial charge in [0, 0.05) is 51.6 Å². The van der Waals surface area contributed by atoms with Crippen molar-refractivity contribution in [1.29, 1.82) is 0 Å². The van der Waals surface area contributed by atoms with Crippen LogP contribution in [0.1, 0.15) is 38.5 Å². The lowest BCUT2D eigenvalue weighted by Crippen LogP contribution is -2.42. The van der Waals surface area contributed by atoms with Gasteiger partial charge in [0.2, 0.25) is 11.8 Å². The van der Waals surface area contributed by atoms with Crippen LogP contribution in [0.3, 0.4) is 0 Å². The van der Waals surface area contributed by atoms with Gasteiger partial charge < -0.3 is 9.80 Å². The molecule has 0 spiro atoms. The van der Waals surface area contributed by atoms with Gasteiger partial charge in [-0.3, -0.25) is 14.5 Å². The summed E-state index contributed by atoms with van der Waals surface area (Å²) in [4.78, 5) is 30.4. The average molecular weight is 293 g/mol. The molecule has 0 bridgehead atoms. The molecule has 3 fully saturated rings. The van der Waals surface area contributed by atoms with Gasteiger partial charge in [-0.05, 0) is 32.2 Å². The topological polar surface area (TPSA) is 43.9 Å². The van der Waals surface area contributed by atoms with Gasteiger partial charge in [0.15, 0.2) is 0 Å². The second-order valence-electron chi connectivity index (χ2n) is 6.63. The molecule has 0 aromatic heterocycles. The summed E-state index contributed by atoms with van der Waals surface area (Å²) < 4.78 is 0. The molecule has 1 saturated carbocycles. The Bertz CT molecular complexity index is 395. The predicted molar refractivity (Wildman–Crippen MR) is 80.8 cm³/mol. The number of carbonyl (C=O) groups excluding carboxylic acids is 2. The van der Waals surface area contributed by atoms with Crippen molar-refractivity contribution < 1.29 is 9.59 Å². The van der Waals surface area contributed by atoms with Crippen molar-refractivity contribution in [3.63, 3.8) is 0 Å². The summed E-state index contributed by atoms with van der Waals surface area (Å²) >= 11 is 0. The highest BCUT2D eigenvalue weighted by Crippen LogP contribution is 2.28. The maximum Gasteiger partial charge on any atom is 0.225 e. The van der Waals surface area contributed by atoms with Crippen LogP contribution in [0.25, 0.3) is 0 Å². The quantitative estimate of drug-likeness (QED) is 0.775. The zero-order valence-electron chi connectivity index (χ0n) is 12.9. The minimum Gasteiger partial charge on any atom is -0.341 e. The van der Waals surface area contributed by atoms with E-state index in [1.807, 2.05) is 4.90 Å². The van der Waals surface area contributed by atoms with Crippen molar-refractivity contribution in [2.24, 2.45) is 5.92 Å². The van der Waals surface area contributed by atoms with Gasteiger partial charge >= 0.3 is 0 Å². The minimum absolute atomic E-state index is 0.312. The van der Waals surface area contributed by atoms with Crippen LogP contribution in [-0.2, 0) is 9.59 Å². The molecule has 0 aromatic rings. The number of amides is 2. The molecule has 0 atom stereocenters. The summed E-state index contributed by atoms with van der Waals surface area (Å²) in [5.74, 6) is 1.02. The van der Waals surface area contributed by atoms with Crippen LogP contribution in [0.15, 0.2) is 0 Å². The Kier molecular flexibility index (Phi) is 4.78. The number of hydrogen-bond acceptors (Lipinski definition) is 3. The van der Waals surface area contributed by atoms with Gasteiger partial charge in [0.05, 0.1) is 0 Å². The number of nitrogens with zero attached hydrogens (tertiary/aromatic N) is 3. The van der Waals surface area contributed by atoms with Crippen LogP contribution in [0, 0.1) is 5.92 Å². The van der Waals surface area contributed by atoms with Crippen LogP contribution in [0.4, 0.5) is 0 Å². The molecular weight excluding hydrogens is 266 g/mol. The van der Waals surface area contributed by atoms with Crippen molar-refractivity contribution in [1.82, 2.24) is 14.7 Å². The van der Waals surface area contributed by atoms with E-state index in [-0.39, 0.29) is 0 Å². The van der Waals surface area contributed by atoms with E-state index < -0.39 is 0 Å². The summed E-state index contributed by atoms with van der Waals surface area (Å²) in [5, 5.41) is 0. The Morgan fingerprint density at radius 1 is 0.952 bits per heavy atom. The van der Waals surface area contributed by atoms with E-state index >= 15 is 0 Å². The van der Waals surface area contributed by atoms with Crippen LogP contribution >= 0.6 is 0 Å². The first-order chi connectivity index (χ1) is 10.2. The van der Waals surface area contributed by atoms with Gasteiger partial charge in [0.25, 0.3) is 0 Å². The molecule has 2 aliphatic heterocycles. The summed E-state index contributed by atoms with van der Waals surface area (Å²) in [6.45, 7) is 6.53. The molecule has 5 nitrogen and oxygen atoms in total. The Hall–Kier alpha value is -1.10. The molecule has 0 N–H and O–H groups in total. The van der Waals surface area contributed by atoms with Crippen molar-refractivity contribution in [3.8, 4) is 0 Å². The molecule has 3 rings (SSSR count). The standard InChI is InChI=1S/C16H27N3O2/c20-15-6-2-8-18(15)12-10-17-7-3-9-19(13-11-17)16(21)14-4-1-5-14/h14H,1-13H2. The van der Waals surface area contributed by atoms with E-state index in [1.165, 1.54) is 6.42 Å². The number of carbonyl (C=O) groups is 2. The minimum atomic E-state index is 0.312. The van der Waals surface area contributed by atoms with Gasteiger partial charge in [0.1, 0.15) is 0 Å².